The highest BCUT2D eigenvalue weighted by Crippen LogP contribution is 2.18. The molecule has 146 valence electrons. The number of hydrogen-bond acceptors (Lipinski definition) is 4. The van der Waals surface area contributed by atoms with Crippen molar-refractivity contribution in [1.82, 2.24) is 16.2 Å². The predicted molar refractivity (Wildman–Crippen MR) is 114 cm³/mol. The maximum absolute atomic E-state index is 11.8. The van der Waals surface area contributed by atoms with Crippen LogP contribution < -0.4 is 20.9 Å². The van der Waals surface area contributed by atoms with Gasteiger partial charge in [0.25, 0.3) is 5.91 Å². The molecule has 2 amide bonds. The number of aryl methyl sites for hydroxylation is 2. The first kappa shape index (κ1) is 21.4. The van der Waals surface area contributed by atoms with E-state index in [-0.39, 0.29) is 11.7 Å². The maximum Gasteiger partial charge on any atom is 0.276 e. The molecule has 0 aliphatic carbocycles. The van der Waals surface area contributed by atoms with Crippen molar-refractivity contribution in [2.24, 2.45) is 0 Å². The van der Waals surface area contributed by atoms with Crippen LogP contribution >= 0.6 is 23.8 Å². The lowest BCUT2D eigenvalue weighted by Crippen LogP contribution is -2.49. The summed E-state index contributed by atoms with van der Waals surface area (Å²) in [6.07, 6.45) is 2.94. The molecular weight excluding hydrogens is 398 g/mol. The lowest BCUT2D eigenvalue weighted by atomic mass is 10.1. The van der Waals surface area contributed by atoms with Crippen LogP contribution in [0.5, 0.6) is 5.75 Å². The van der Waals surface area contributed by atoms with Crippen LogP contribution in [0.15, 0.2) is 48.5 Å². The van der Waals surface area contributed by atoms with Crippen LogP contribution in [0.3, 0.4) is 0 Å². The lowest BCUT2D eigenvalue weighted by molar-refractivity contribution is -0.123. The van der Waals surface area contributed by atoms with Crippen LogP contribution in [-0.2, 0) is 9.59 Å². The molecule has 0 aromatic heterocycles. The number of benzene rings is 2. The van der Waals surface area contributed by atoms with Gasteiger partial charge in [0, 0.05) is 11.1 Å². The van der Waals surface area contributed by atoms with Crippen molar-refractivity contribution >= 4 is 46.8 Å². The summed E-state index contributed by atoms with van der Waals surface area (Å²) in [6.45, 7) is 3.69. The minimum atomic E-state index is -0.437. The molecular formula is C20H20ClN3O3S. The number of amides is 2. The topological polar surface area (TPSA) is 79.5 Å². The Balaban J connectivity index is 1.71. The van der Waals surface area contributed by atoms with E-state index in [0.29, 0.717) is 10.8 Å². The van der Waals surface area contributed by atoms with Crippen molar-refractivity contribution in [1.29, 1.82) is 0 Å². The van der Waals surface area contributed by atoms with E-state index in [9.17, 15) is 9.59 Å². The van der Waals surface area contributed by atoms with Gasteiger partial charge in [-0.05, 0) is 61.5 Å². The summed E-state index contributed by atoms with van der Waals surface area (Å²) in [4.78, 5) is 23.7. The molecule has 8 heteroatoms. The van der Waals surface area contributed by atoms with Crippen LogP contribution in [0.2, 0.25) is 5.02 Å². The van der Waals surface area contributed by atoms with Gasteiger partial charge in [-0.1, -0.05) is 41.4 Å². The molecule has 0 bridgehead atoms. The van der Waals surface area contributed by atoms with Gasteiger partial charge in [-0.25, -0.2) is 0 Å². The largest absolute Gasteiger partial charge is 0.483 e. The second-order valence-electron chi connectivity index (χ2n) is 5.93. The third-order valence-electron chi connectivity index (χ3n) is 3.54. The Labute approximate surface area is 173 Å². The van der Waals surface area contributed by atoms with Gasteiger partial charge in [0.15, 0.2) is 11.7 Å². The fourth-order valence-corrected chi connectivity index (χ4v) is 2.48. The normalized spacial score (nSPS) is 10.4. The number of hydrogen-bond donors (Lipinski definition) is 3. The highest BCUT2D eigenvalue weighted by Gasteiger charge is 2.06. The summed E-state index contributed by atoms with van der Waals surface area (Å²) < 4.78 is 5.46. The average molecular weight is 418 g/mol. The Morgan fingerprint density at radius 3 is 2.50 bits per heavy atom. The molecule has 0 saturated heterocycles. The Hall–Kier alpha value is -2.90. The minimum absolute atomic E-state index is 0.0365. The highest BCUT2D eigenvalue weighted by atomic mass is 35.5. The van der Waals surface area contributed by atoms with E-state index in [1.807, 2.05) is 32.0 Å². The molecule has 0 atom stereocenters. The van der Waals surface area contributed by atoms with E-state index in [4.69, 9.17) is 28.6 Å². The summed E-state index contributed by atoms with van der Waals surface area (Å²) in [5.74, 6) is -0.245. The van der Waals surface area contributed by atoms with Gasteiger partial charge in [0.1, 0.15) is 5.75 Å². The summed E-state index contributed by atoms with van der Waals surface area (Å²) in [5, 5.41) is 3.00. The zero-order chi connectivity index (χ0) is 20.5. The zero-order valence-corrected chi connectivity index (χ0v) is 17.0. The highest BCUT2D eigenvalue weighted by molar-refractivity contribution is 7.80. The Morgan fingerprint density at radius 1 is 1.11 bits per heavy atom. The van der Waals surface area contributed by atoms with E-state index in [0.717, 1.165) is 16.7 Å². The van der Waals surface area contributed by atoms with Gasteiger partial charge in [-0.2, -0.15) is 0 Å². The number of carbonyl (C=O) groups excluding carboxylic acids is 2. The Kier molecular flexibility index (Phi) is 7.98. The molecule has 0 fully saturated rings. The fourth-order valence-electron chi connectivity index (χ4n) is 2.20. The van der Waals surface area contributed by atoms with Crippen molar-refractivity contribution in [3.8, 4) is 5.75 Å². The smallest absolute Gasteiger partial charge is 0.276 e. The molecule has 2 rings (SSSR count). The van der Waals surface area contributed by atoms with Gasteiger partial charge < -0.3 is 4.74 Å². The maximum atomic E-state index is 11.8. The third kappa shape index (κ3) is 7.38. The molecule has 0 aliphatic heterocycles. The average Bonchev–Trinajstić information content (AvgIpc) is 2.65. The summed E-state index contributed by atoms with van der Waals surface area (Å²) in [7, 11) is 0. The second kappa shape index (κ2) is 10.4. The number of carbonyl (C=O) groups is 2. The van der Waals surface area contributed by atoms with E-state index in [1.165, 1.54) is 6.08 Å². The van der Waals surface area contributed by atoms with Crippen LogP contribution in [0.25, 0.3) is 6.08 Å². The third-order valence-corrected chi connectivity index (χ3v) is 3.99. The van der Waals surface area contributed by atoms with E-state index < -0.39 is 11.8 Å². The molecule has 0 unspecified atom stereocenters. The lowest BCUT2D eigenvalue weighted by Gasteiger charge is -2.12. The monoisotopic (exact) mass is 417 g/mol. The van der Waals surface area contributed by atoms with Gasteiger partial charge in [-0.3, -0.25) is 25.8 Å². The fraction of sp³-hybridized carbons (Fsp3) is 0.150. The van der Waals surface area contributed by atoms with Crippen molar-refractivity contribution < 1.29 is 14.3 Å². The molecule has 0 saturated carbocycles. The molecule has 28 heavy (non-hydrogen) atoms. The number of ether oxygens (including phenoxy) is 1. The minimum Gasteiger partial charge on any atom is -0.483 e. The van der Waals surface area contributed by atoms with E-state index >= 15 is 0 Å². The standard InChI is InChI=1S/C20H20ClN3O3S/c1-13-3-9-17(14(2)11-13)27-12-19(26)23-24-20(28)22-18(25)10-6-15-4-7-16(21)8-5-15/h3-11H,12H2,1-2H3,(H,23,26)(H2,22,24,25,28)/b10-6+. The summed E-state index contributed by atoms with van der Waals surface area (Å²) in [6, 6.07) is 12.7. The summed E-state index contributed by atoms with van der Waals surface area (Å²) in [5.41, 5.74) is 7.68. The summed E-state index contributed by atoms with van der Waals surface area (Å²) >= 11 is 10.8. The van der Waals surface area contributed by atoms with E-state index in [1.54, 1.807) is 30.3 Å². The van der Waals surface area contributed by atoms with Gasteiger partial charge in [0.05, 0.1) is 0 Å². The molecule has 2 aromatic carbocycles. The van der Waals surface area contributed by atoms with Gasteiger partial charge in [-0.15, -0.1) is 0 Å². The van der Waals surface area contributed by atoms with E-state index in [2.05, 4.69) is 16.2 Å². The quantitative estimate of drug-likeness (QED) is 0.396. The second-order valence-corrected chi connectivity index (χ2v) is 6.78. The number of halogens is 1. The first-order chi connectivity index (χ1) is 13.3. The SMILES string of the molecule is Cc1ccc(OCC(=O)NNC(=S)NC(=O)/C=C/c2ccc(Cl)cc2)c(C)c1. The molecule has 3 N–H and O–H groups in total. The first-order valence-electron chi connectivity index (χ1n) is 8.37. The number of rotatable bonds is 5. The molecule has 0 spiro atoms. The van der Waals surface area contributed by atoms with Crippen LogP contribution in [0.4, 0.5) is 0 Å². The van der Waals surface area contributed by atoms with Crippen molar-refractivity contribution in [2.75, 3.05) is 6.61 Å². The molecule has 0 aliphatic rings. The van der Waals surface area contributed by atoms with Crippen molar-refractivity contribution in [3.05, 3.63) is 70.3 Å². The van der Waals surface area contributed by atoms with Gasteiger partial charge >= 0.3 is 0 Å². The molecule has 0 heterocycles. The van der Waals surface area contributed by atoms with Gasteiger partial charge in [0.2, 0.25) is 5.91 Å². The molecule has 2 aromatic rings. The van der Waals surface area contributed by atoms with Crippen molar-refractivity contribution in [2.45, 2.75) is 13.8 Å². The Bertz CT molecular complexity index is 898. The van der Waals surface area contributed by atoms with Crippen LogP contribution in [0.1, 0.15) is 16.7 Å². The molecule has 0 radical (unpaired) electrons. The first-order valence-corrected chi connectivity index (χ1v) is 9.15. The van der Waals surface area contributed by atoms with Crippen LogP contribution in [-0.4, -0.2) is 23.5 Å². The number of nitrogens with one attached hydrogen (secondary N) is 3. The zero-order valence-electron chi connectivity index (χ0n) is 15.4. The number of thiocarbonyl (C=S) groups is 1. The number of hydrazine groups is 1. The molecule has 6 nitrogen and oxygen atoms in total. The Morgan fingerprint density at radius 2 is 1.82 bits per heavy atom. The predicted octanol–water partition coefficient (Wildman–Crippen LogP) is 3.07. The van der Waals surface area contributed by atoms with Crippen molar-refractivity contribution in [3.63, 3.8) is 0 Å². The van der Waals surface area contributed by atoms with Crippen LogP contribution in [0, 0.1) is 13.8 Å².